The van der Waals surface area contributed by atoms with Crippen LogP contribution in [0.5, 0.6) is 0 Å². The Kier molecular flexibility index (Phi) is 4.17. The number of hydrogen-bond donors (Lipinski definition) is 0. The fourth-order valence-electron chi connectivity index (χ4n) is 2.14. The summed E-state index contributed by atoms with van der Waals surface area (Å²) in [7, 11) is 0. The van der Waals surface area contributed by atoms with Gasteiger partial charge in [-0.1, -0.05) is 37.3 Å². The zero-order chi connectivity index (χ0) is 14.5. The lowest BCUT2D eigenvalue weighted by molar-refractivity contribution is 0.786. The number of benzene rings is 1. The molecule has 3 nitrogen and oxygen atoms in total. The van der Waals surface area contributed by atoms with Crippen molar-refractivity contribution in [1.29, 1.82) is 5.26 Å². The maximum Gasteiger partial charge on any atom is 0.269 e. The molecular formula is C17H16N2O. The lowest BCUT2D eigenvalue weighted by atomic mass is 10.1. The van der Waals surface area contributed by atoms with Gasteiger partial charge < -0.3 is 4.57 Å². The van der Waals surface area contributed by atoms with Crippen LogP contribution in [0.1, 0.15) is 18.1 Å². The second kappa shape index (κ2) is 6.03. The van der Waals surface area contributed by atoms with Gasteiger partial charge in [0, 0.05) is 6.54 Å². The molecule has 1 aromatic heterocycles. The molecule has 0 unspecified atom stereocenters. The first kappa shape index (κ1) is 13.8. The van der Waals surface area contributed by atoms with Crippen molar-refractivity contribution >= 4 is 0 Å². The van der Waals surface area contributed by atoms with Crippen molar-refractivity contribution < 1.29 is 0 Å². The van der Waals surface area contributed by atoms with Crippen LogP contribution in [0.3, 0.4) is 0 Å². The molecule has 0 saturated heterocycles. The topological polar surface area (TPSA) is 45.8 Å². The Balaban J connectivity index is 2.61. The highest BCUT2D eigenvalue weighted by molar-refractivity contribution is 5.61. The van der Waals surface area contributed by atoms with Gasteiger partial charge in [-0.3, -0.25) is 4.79 Å². The van der Waals surface area contributed by atoms with Crippen LogP contribution in [0.2, 0.25) is 0 Å². The van der Waals surface area contributed by atoms with Gasteiger partial charge in [-0.05, 0) is 29.7 Å². The lowest BCUT2D eigenvalue weighted by Crippen LogP contribution is -2.23. The highest BCUT2D eigenvalue weighted by Gasteiger charge is 2.09. The first-order valence-electron chi connectivity index (χ1n) is 6.55. The molecular weight excluding hydrogens is 248 g/mol. The minimum absolute atomic E-state index is 0.153. The highest BCUT2D eigenvalue weighted by Crippen LogP contribution is 2.19. The number of aryl methyl sites for hydroxylation is 1. The molecule has 0 N–H and O–H groups in total. The average Bonchev–Trinajstić information content (AvgIpc) is 2.49. The molecule has 0 amide bonds. The van der Waals surface area contributed by atoms with E-state index >= 15 is 0 Å². The summed E-state index contributed by atoms with van der Waals surface area (Å²) in [5, 5.41) is 8.95. The van der Waals surface area contributed by atoms with Crippen molar-refractivity contribution in [3.05, 3.63) is 70.5 Å². The van der Waals surface area contributed by atoms with Crippen LogP contribution in [-0.4, -0.2) is 4.57 Å². The maximum atomic E-state index is 12.2. The molecule has 0 spiro atoms. The van der Waals surface area contributed by atoms with E-state index in [0.717, 1.165) is 17.7 Å². The summed E-state index contributed by atoms with van der Waals surface area (Å²) in [6.07, 6.45) is 2.64. The molecule has 0 fully saturated rings. The van der Waals surface area contributed by atoms with Crippen molar-refractivity contribution in [1.82, 2.24) is 4.57 Å². The molecule has 0 saturated carbocycles. The largest absolute Gasteiger partial charge is 0.303 e. The SMILES string of the molecule is C=CCn1c(-c2ccc(CC)cc2)ccc(C#N)c1=O. The predicted molar refractivity (Wildman–Crippen MR) is 80.4 cm³/mol. The standard InChI is InChI=1S/C17H16N2O/c1-3-11-19-16(10-9-15(12-18)17(19)20)14-7-5-13(4-2)6-8-14/h3,5-10H,1,4,11H2,2H3. The Hall–Kier alpha value is -2.60. The predicted octanol–water partition coefficient (Wildman–Crippen LogP) is 3.14. The van der Waals surface area contributed by atoms with E-state index in [1.807, 2.05) is 24.3 Å². The molecule has 100 valence electrons. The minimum Gasteiger partial charge on any atom is -0.303 e. The van der Waals surface area contributed by atoms with Gasteiger partial charge in [-0.25, -0.2) is 0 Å². The van der Waals surface area contributed by atoms with Crippen LogP contribution in [0.25, 0.3) is 11.3 Å². The van der Waals surface area contributed by atoms with E-state index in [4.69, 9.17) is 5.26 Å². The van der Waals surface area contributed by atoms with Gasteiger partial charge >= 0.3 is 0 Å². The fraction of sp³-hybridized carbons (Fsp3) is 0.176. The molecule has 0 aliphatic carbocycles. The molecule has 1 heterocycles. The van der Waals surface area contributed by atoms with Crippen LogP contribution in [0, 0.1) is 11.3 Å². The van der Waals surface area contributed by atoms with E-state index in [-0.39, 0.29) is 11.1 Å². The molecule has 3 heteroatoms. The Morgan fingerprint density at radius 3 is 2.50 bits per heavy atom. The van der Waals surface area contributed by atoms with E-state index in [1.165, 1.54) is 5.56 Å². The van der Waals surface area contributed by atoms with Crippen LogP contribution in [-0.2, 0) is 13.0 Å². The van der Waals surface area contributed by atoms with Crippen molar-refractivity contribution in [3.63, 3.8) is 0 Å². The maximum absolute atomic E-state index is 12.2. The summed E-state index contributed by atoms with van der Waals surface area (Å²) in [5.74, 6) is 0. The smallest absolute Gasteiger partial charge is 0.269 e. The van der Waals surface area contributed by atoms with Gasteiger partial charge in [0.25, 0.3) is 5.56 Å². The highest BCUT2D eigenvalue weighted by atomic mass is 16.1. The van der Waals surface area contributed by atoms with E-state index in [1.54, 1.807) is 16.7 Å². The zero-order valence-corrected chi connectivity index (χ0v) is 11.5. The third-order valence-corrected chi connectivity index (χ3v) is 3.26. The van der Waals surface area contributed by atoms with Gasteiger partial charge in [0.2, 0.25) is 0 Å². The summed E-state index contributed by atoms with van der Waals surface area (Å²) in [5.41, 5.74) is 2.90. The van der Waals surface area contributed by atoms with Crippen LogP contribution in [0.4, 0.5) is 0 Å². The minimum atomic E-state index is -0.274. The molecule has 0 bridgehead atoms. The lowest BCUT2D eigenvalue weighted by Gasteiger charge is -2.12. The number of nitriles is 1. The van der Waals surface area contributed by atoms with Crippen LogP contribution < -0.4 is 5.56 Å². The Labute approximate surface area is 118 Å². The van der Waals surface area contributed by atoms with E-state index in [0.29, 0.717) is 6.54 Å². The van der Waals surface area contributed by atoms with Gasteiger partial charge in [-0.2, -0.15) is 5.26 Å². The number of nitrogens with zero attached hydrogens (tertiary/aromatic N) is 2. The van der Waals surface area contributed by atoms with E-state index in [9.17, 15) is 4.79 Å². The third-order valence-electron chi connectivity index (χ3n) is 3.26. The van der Waals surface area contributed by atoms with Gasteiger partial charge in [0.05, 0.1) is 5.69 Å². The molecule has 0 radical (unpaired) electrons. The molecule has 2 aromatic rings. The van der Waals surface area contributed by atoms with E-state index in [2.05, 4.69) is 25.6 Å². The second-order valence-electron chi connectivity index (χ2n) is 4.50. The summed E-state index contributed by atoms with van der Waals surface area (Å²) in [6, 6.07) is 13.4. The molecule has 2 rings (SSSR count). The molecule has 20 heavy (non-hydrogen) atoms. The summed E-state index contributed by atoms with van der Waals surface area (Å²) in [6.45, 7) is 6.16. The number of hydrogen-bond acceptors (Lipinski definition) is 2. The summed E-state index contributed by atoms with van der Waals surface area (Å²) >= 11 is 0. The third kappa shape index (κ3) is 2.55. The number of pyridine rings is 1. The normalized spacial score (nSPS) is 10.0. The van der Waals surface area contributed by atoms with Gasteiger partial charge in [0.15, 0.2) is 0 Å². The quantitative estimate of drug-likeness (QED) is 0.796. The Bertz CT molecular complexity index is 718. The monoisotopic (exact) mass is 264 g/mol. The first-order valence-corrected chi connectivity index (χ1v) is 6.55. The average molecular weight is 264 g/mol. The Morgan fingerprint density at radius 2 is 1.95 bits per heavy atom. The van der Waals surface area contributed by atoms with Crippen molar-refractivity contribution in [2.24, 2.45) is 0 Å². The zero-order valence-electron chi connectivity index (χ0n) is 11.5. The summed E-state index contributed by atoms with van der Waals surface area (Å²) in [4.78, 5) is 12.2. The number of rotatable bonds is 4. The van der Waals surface area contributed by atoms with Crippen molar-refractivity contribution in [2.45, 2.75) is 19.9 Å². The molecule has 0 aliphatic heterocycles. The number of allylic oxidation sites excluding steroid dienone is 1. The first-order chi connectivity index (χ1) is 9.71. The summed E-state index contributed by atoms with van der Waals surface area (Å²) < 4.78 is 1.58. The number of aromatic nitrogens is 1. The molecule has 0 aliphatic rings. The van der Waals surface area contributed by atoms with Gasteiger partial charge in [-0.15, -0.1) is 6.58 Å². The van der Waals surface area contributed by atoms with Crippen LogP contribution >= 0.6 is 0 Å². The van der Waals surface area contributed by atoms with Crippen molar-refractivity contribution in [2.75, 3.05) is 0 Å². The molecule has 1 aromatic carbocycles. The van der Waals surface area contributed by atoms with Crippen molar-refractivity contribution in [3.8, 4) is 17.3 Å². The van der Waals surface area contributed by atoms with E-state index < -0.39 is 0 Å². The second-order valence-corrected chi connectivity index (χ2v) is 4.50. The fourth-order valence-corrected chi connectivity index (χ4v) is 2.14. The van der Waals surface area contributed by atoms with Gasteiger partial charge in [0.1, 0.15) is 11.6 Å². The molecule has 0 atom stereocenters. The van der Waals surface area contributed by atoms with Crippen LogP contribution in [0.15, 0.2) is 53.8 Å². The Morgan fingerprint density at radius 1 is 1.25 bits per heavy atom.